The van der Waals surface area contributed by atoms with E-state index in [1.165, 1.54) is 5.56 Å². The van der Waals surface area contributed by atoms with Gasteiger partial charge in [-0.25, -0.2) is 13.1 Å². The van der Waals surface area contributed by atoms with E-state index in [0.717, 1.165) is 31.5 Å². The molecule has 1 fully saturated rings. The van der Waals surface area contributed by atoms with E-state index < -0.39 is 10.0 Å². The fourth-order valence-electron chi connectivity index (χ4n) is 2.44. The van der Waals surface area contributed by atoms with Gasteiger partial charge in [0.05, 0.1) is 4.90 Å². The van der Waals surface area contributed by atoms with Crippen LogP contribution in [-0.2, 0) is 16.4 Å². The van der Waals surface area contributed by atoms with Crippen molar-refractivity contribution in [1.29, 1.82) is 0 Å². The first-order chi connectivity index (χ1) is 8.56. The lowest BCUT2D eigenvalue weighted by atomic mass is 10.2. The summed E-state index contributed by atoms with van der Waals surface area (Å²) in [5.41, 5.74) is 2.15. The number of sulfonamides is 1. The predicted molar refractivity (Wildman–Crippen MR) is 71.1 cm³/mol. The number of benzene rings is 1. The Morgan fingerprint density at radius 1 is 1.39 bits per heavy atom. The van der Waals surface area contributed by atoms with Gasteiger partial charge in [0.15, 0.2) is 0 Å². The Morgan fingerprint density at radius 2 is 2.17 bits per heavy atom. The lowest BCUT2D eigenvalue weighted by Crippen LogP contribution is -2.34. The molecule has 1 unspecified atom stereocenters. The number of fused-ring (bicyclic) bond motifs is 1. The Bertz CT molecular complexity index is 564. The van der Waals surface area contributed by atoms with Gasteiger partial charge in [0.1, 0.15) is 0 Å². The molecule has 3 rings (SSSR count). The topological polar surface area (TPSA) is 58.2 Å². The zero-order valence-corrected chi connectivity index (χ0v) is 11.3. The van der Waals surface area contributed by atoms with Crippen molar-refractivity contribution < 1.29 is 8.42 Å². The summed E-state index contributed by atoms with van der Waals surface area (Å²) in [6, 6.07) is 5.39. The van der Waals surface area contributed by atoms with E-state index in [9.17, 15) is 8.42 Å². The maximum Gasteiger partial charge on any atom is 0.240 e. The molecule has 0 spiro atoms. The number of nitrogens with one attached hydrogen (secondary N) is 2. The van der Waals surface area contributed by atoms with Gasteiger partial charge in [-0.2, -0.15) is 0 Å². The Morgan fingerprint density at radius 3 is 2.89 bits per heavy atom. The van der Waals surface area contributed by atoms with E-state index in [1.54, 1.807) is 12.1 Å². The third kappa shape index (κ3) is 2.24. The summed E-state index contributed by atoms with van der Waals surface area (Å²) in [7, 11) is -3.38. The molecule has 4 nitrogen and oxygen atoms in total. The third-order valence-corrected chi connectivity index (χ3v) is 5.33. The van der Waals surface area contributed by atoms with Crippen LogP contribution in [0.5, 0.6) is 0 Å². The number of rotatable bonds is 4. The molecule has 1 aliphatic carbocycles. The third-order valence-electron chi connectivity index (χ3n) is 3.77. The van der Waals surface area contributed by atoms with Crippen LogP contribution in [0, 0.1) is 5.92 Å². The molecule has 2 aliphatic rings. The fraction of sp³-hybridized carbons (Fsp3) is 0.538. The number of hydrogen-bond acceptors (Lipinski definition) is 3. The van der Waals surface area contributed by atoms with Gasteiger partial charge in [-0.1, -0.05) is 6.07 Å². The van der Waals surface area contributed by atoms with Crippen LogP contribution in [0.2, 0.25) is 0 Å². The summed E-state index contributed by atoms with van der Waals surface area (Å²) in [5.74, 6) is 0.521. The minimum absolute atomic E-state index is 0.0382. The summed E-state index contributed by atoms with van der Waals surface area (Å²) >= 11 is 0. The van der Waals surface area contributed by atoms with Crippen LogP contribution in [0.15, 0.2) is 23.1 Å². The van der Waals surface area contributed by atoms with E-state index in [-0.39, 0.29) is 6.04 Å². The molecule has 18 heavy (non-hydrogen) atoms. The van der Waals surface area contributed by atoms with Crippen molar-refractivity contribution >= 4 is 15.7 Å². The smallest absolute Gasteiger partial charge is 0.240 e. The van der Waals surface area contributed by atoms with Crippen molar-refractivity contribution in [2.24, 2.45) is 5.92 Å². The van der Waals surface area contributed by atoms with Gasteiger partial charge in [-0.3, -0.25) is 0 Å². The van der Waals surface area contributed by atoms with Crippen LogP contribution < -0.4 is 10.0 Å². The van der Waals surface area contributed by atoms with Crippen LogP contribution in [0.25, 0.3) is 0 Å². The Hall–Kier alpha value is -1.07. The molecule has 2 N–H and O–H groups in total. The monoisotopic (exact) mass is 266 g/mol. The number of hydrogen-bond donors (Lipinski definition) is 2. The molecule has 1 aromatic rings. The van der Waals surface area contributed by atoms with Crippen molar-refractivity contribution in [1.82, 2.24) is 4.72 Å². The van der Waals surface area contributed by atoms with Crippen molar-refractivity contribution in [3.05, 3.63) is 23.8 Å². The van der Waals surface area contributed by atoms with E-state index in [1.807, 2.05) is 13.0 Å². The van der Waals surface area contributed by atoms with Gasteiger partial charge in [0.25, 0.3) is 0 Å². The van der Waals surface area contributed by atoms with Crippen molar-refractivity contribution in [2.75, 3.05) is 11.9 Å². The fourth-order valence-corrected chi connectivity index (χ4v) is 3.78. The van der Waals surface area contributed by atoms with Crippen LogP contribution in [-0.4, -0.2) is 21.0 Å². The quantitative estimate of drug-likeness (QED) is 0.872. The highest BCUT2D eigenvalue weighted by molar-refractivity contribution is 7.89. The van der Waals surface area contributed by atoms with Crippen LogP contribution >= 0.6 is 0 Å². The molecule has 5 heteroatoms. The molecule has 1 aromatic carbocycles. The lowest BCUT2D eigenvalue weighted by Gasteiger charge is -2.14. The van der Waals surface area contributed by atoms with Crippen LogP contribution in [0.1, 0.15) is 25.3 Å². The van der Waals surface area contributed by atoms with Crippen molar-refractivity contribution in [3.63, 3.8) is 0 Å². The first-order valence-corrected chi connectivity index (χ1v) is 7.94. The Balaban J connectivity index is 1.84. The first kappa shape index (κ1) is 12.0. The summed E-state index contributed by atoms with van der Waals surface area (Å²) < 4.78 is 27.2. The van der Waals surface area contributed by atoms with Crippen molar-refractivity contribution in [3.8, 4) is 0 Å². The minimum atomic E-state index is -3.38. The molecular weight excluding hydrogens is 248 g/mol. The summed E-state index contributed by atoms with van der Waals surface area (Å²) in [5, 5.41) is 3.21. The minimum Gasteiger partial charge on any atom is -0.384 e. The highest BCUT2D eigenvalue weighted by atomic mass is 32.2. The summed E-state index contributed by atoms with van der Waals surface area (Å²) in [6.07, 6.45) is 3.24. The standard InChI is InChI=1S/C13H18N2O2S/c1-9(10-2-3-10)15-18(16,17)12-5-4-11-6-7-14-13(11)8-12/h4-5,8-10,14-15H,2-3,6-7H2,1H3. The molecule has 0 radical (unpaired) electrons. The zero-order valence-electron chi connectivity index (χ0n) is 10.4. The Kier molecular flexibility index (Phi) is 2.83. The highest BCUT2D eigenvalue weighted by Crippen LogP contribution is 2.33. The lowest BCUT2D eigenvalue weighted by molar-refractivity contribution is 0.538. The molecular formula is C13H18N2O2S. The predicted octanol–water partition coefficient (Wildman–Crippen LogP) is 1.73. The SMILES string of the molecule is CC(NS(=O)(=O)c1ccc2c(c1)NCC2)C1CC1. The molecule has 1 atom stereocenters. The molecule has 0 aromatic heterocycles. The molecule has 1 heterocycles. The van der Waals surface area contributed by atoms with Crippen LogP contribution in [0.4, 0.5) is 5.69 Å². The van der Waals surface area contributed by atoms with Crippen molar-refractivity contribution in [2.45, 2.75) is 37.1 Å². The summed E-state index contributed by atoms with van der Waals surface area (Å²) in [4.78, 5) is 0.364. The van der Waals surface area contributed by atoms with Gasteiger partial charge in [-0.15, -0.1) is 0 Å². The average Bonchev–Trinajstić information content (AvgIpc) is 3.06. The van der Waals surface area contributed by atoms with Gasteiger partial charge in [-0.05, 0) is 49.8 Å². The first-order valence-electron chi connectivity index (χ1n) is 6.45. The molecule has 0 saturated heterocycles. The van der Waals surface area contributed by atoms with E-state index in [2.05, 4.69) is 10.0 Å². The Labute approximate surface area is 108 Å². The maximum atomic E-state index is 12.2. The molecule has 1 aliphatic heterocycles. The molecule has 98 valence electrons. The molecule has 1 saturated carbocycles. The van der Waals surface area contributed by atoms with Gasteiger partial charge < -0.3 is 5.32 Å². The highest BCUT2D eigenvalue weighted by Gasteiger charge is 2.31. The van der Waals surface area contributed by atoms with Gasteiger partial charge >= 0.3 is 0 Å². The average molecular weight is 266 g/mol. The molecule has 0 amide bonds. The van der Waals surface area contributed by atoms with Gasteiger partial charge in [0.2, 0.25) is 10.0 Å². The second-order valence-electron chi connectivity index (χ2n) is 5.24. The maximum absolute atomic E-state index is 12.2. The normalized spacial score (nSPS) is 20.3. The zero-order chi connectivity index (χ0) is 12.8. The molecule has 0 bridgehead atoms. The van der Waals surface area contributed by atoms with E-state index >= 15 is 0 Å². The van der Waals surface area contributed by atoms with E-state index in [0.29, 0.717) is 10.8 Å². The van der Waals surface area contributed by atoms with Gasteiger partial charge in [0, 0.05) is 18.3 Å². The van der Waals surface area contributed by atoms with E-state index in [4.69, 9.17) is 0 Å². The second kappa shape index (κ2) is 4.24. The largest absolute Gasteiger partial charge is 0.384 e. The number of anilines is 1. The summed E-state index contributed by atoms with van der Waals surface area (Å²) in [6.45, 7) is 2.84. The second-order valence-corrected chi connectivity index (χ2v) is 6.96. The van der Waals surface area contributed by atoms with Crippen LogP contribution in [0.3, 0.4) is 0 Å².